The number of aromatic carboxylic acids is 1. The van der Waals surface area contributed by atoms with Gasteiger partial charge < -0.3 is 35.6 Å². The molecule has 4 aromatic rings. The van der Waals surface area contributed by atoms with E-state index in [2.05, 4.69) is 61.0 Å². The second-order valence-electron chi connectivity index (χ2n) is 16.4. The number of rotatable bonds is 5. The Labute approximate surface area is 349 Å². The first-order chi connectivity index (χ1) is 26.8. The summed E-state index contributed by atoms with van der Waals surface area (Å²) in [6, 6.07) is 7.62. The van der Waals surface area contributed by atoms with Crippen molar-refractivity contribution in [2.75, 3.05) is 0 Å². The van der Waals surface area contributed by atoms with Gasteiger partial charge in [0, 0.05) is 64.1 Å². The number of ether oxygens (including phenoxy) is 2. The molecule has 4 aliphatic rings. The van der Waals surface area contributed by atoms with Crippen LogP contribution >= 0.6 is 31.9 Å². The zero-order valence-electron chi connectivity index (χ0n) is 33.9. The third-order valence-electron chi connectivity index (χ3n) is 12.3. The van der Waals surface area contributed by atoms with Crippen LogP contribution in [-0.4, -0.2) is 38.2 Å². The number of benzene rings is 2. The number of fused-ring (bicyclic) bond motifs is 6. The molecule has 0 bridgehead atoms. The fourth-order valence-corrected chi connectivity index (χ4v) is 10.2. The highest BCUT2D eigenvalue weighted by Gasteiger charge is 2.50. The van der Waals surface area contributed by atoms with Crippen LogP contribution in [0.2, 0.25) is 0 Å². The van der Waals surface area contributed by atoms with Gasteiger partial charge in [-0.2, -0.15) is 0 Å². The summed E-state index contributed by atoms with van der Waals surface area (Å²) < 4.78 is 14.1. The molecule has 6 N–H and O–H groups in total. The van der Waals surface area contributed by atoms with Crippen molar-refractivity contribution < 1.29 is 24.2 Å². The van der Waals surface area contributed by atoms with E-state index in [1.807, 2.05) is 59.7 Å². The molecule has 304 valence electrons. The highest BCUT2D eigenvalue weighted by Crippen LogP contribution is 2.58. The van der Waals surface area contributed by atoms with Gasteiger partial charge in [0.15, 0.2) is 0 Å². The summed E-state index contributed by atoms with van der Waals surface area (Å²) in [4.78, 5) is 53.1. The Morgan fingerprint density at radius 1 is 0.772 bits per heavy atom. The minimum atomic E-state index is -0.873. The third-order valence-corrected chi connectivity index (χ3v) is 14.2. The molecule has 2 aliphatic heterocycles. The van der Waals surface area contributed by atoms with Crippen molar-refractivity contribution in [3.05, 3.63) is 121 Å². The van der Waals surface area contributed by atoms with Crippen LogP contribution < -0.4 is 31.6 Å². The van der Waals surface area contributed by atoms with E-state index in [1.54, 1.807) is 6.07 Å². The lowest BCUT2D eigenvalue weighted by Gasteiger charge is -2.23. The largest absolute Gasteiger partial charge is 0.485 e. The average molecular weight is 909 g/mol. The highest BCUT2D eigenvalue weighted by molar-refractivity contribution is 9.11. The number of amides is 1. The van der Waals surface area contributed by atoms with Crippen molar-refractivity contribution in [1.29, 1.82) is 0 Å². The van der Waals surface area contributed by atoms with E-state index in [4.69, 9.17) is 15.2 Å². The first kappa shape index (κ1) is 42.4. The minimum Gasteiger partial charge on any atom is -0.485 e. The molecule has 4 heterocycles. The molecule has 13 heteroatoms. The zero-order valence-corrected chi connectivity index (χ0v) is 37.0. The zero-order chi connectivity index (χ0) is 41.7. The maximum absolute atomic E-state index is 13.0. The predicted molar refractivity (Wildman–Crippen MR) is 228 cm³/mol. The molecule has 1 amide bonds. The Hall–Kier alpha value is -4.20. The van der Waals surface area contributed by atoms with Crippen LogP contribution in [0.25, 0.3) is 0 Å². The third kappa shape index (κ3) is 7.99. The van der Waals surface area contributed by atoms with Gasteiger partial charge >= 0.3 is 5.97 Å². The second-order valence-corrected chi connectivity index (χ2v) is 17.9. The Bertz CT molecular complexity index is 2410. The highest BCUT2D eigenvalue weighted by atomic mass is 79.9. The van der Waals surface area contributed by atoms with Crippen LogP contribution in [0.5, 0.6) is 11.5 Å². The normalized spacial score (nSPS) is 22.1. The van der Waals surface area contributed by atoms with Crippen LogP contribution in [0.3, 0.4) is 0 Å². The van der Waals surface area contributed by atoms with Gasteiger partial charge in [0.2, 0.25) is 0 Å². The first-order valence-electron chi connectivity index (χ1n) is 19.4. The number of hydrogen-bond acceptors (Lipinski definition) is 7. The van der Waals surface area contributed by atoms with Crippen molar-refractivity contribution in [3.63, 3.8) is 0 Å². The van der Waals surface area contributed by atoms with E-state index in [0.29, 0.717) is 40.6 Å². The molecule has 0 saturated heterocycles. The van der Waals surface area contributed by atoms with Gasteiger partial charge in [-0.3, -0.25) is 14.4 Å². The van der Waals surface area contributed by atoms with E-state index in [-0.39, 0.29) is 34.8 Å². The fourth-order valence-electron chi connectivity index (χ4n) is 9.13. The Morgan fingerprint density at radius 2 is 1.21 bits per heavy atom. The smallest absolute Gasteiger partial charge is 0.336 e. The van der Waals surface area contributed by atoms with Gasteiger partial charge in [-0.15, -0.1) is 0 Å². The fraction of sp³-hybridized carbons (Fsp3) is 0.455. The van der Waals surface area contributed by atoms with Gasteiger partial charge in [-0.25, -0.2) is 4.79 Å². The number of aryl methyl sites for hydroxylation is 4. The Kier molecular flexibility index (Phi) is 12.1. The molecule has 57 heavy (non-hydrogen) atoms. The van der Waals surface area contributed by atoms with Crippen LogP contribution in [-0.2, 0) is 13.1 Å². The lowest BCUT2D eigenvalue weighted by atomic mass is 9.87. The number of aromatic nitrogens is 2. The number of carboxylic acid groups (broad SMARTS) is 1. The standard InChI is InChI=1S/C22H25BrN2O3.C14H15BrO3.C8H12N2O/c1-11-8-12(2)25-21(27)16(11)10-24-20(26)14-9-15-17-6-5-7-22(17,4)28-19(15)18(23)13(14)3;1-7-8(13(16)17)6-9-10-4-3-5-14(10,2)18-12(9)11(7)15;1-5-3-6(2)10-8(11)7(5)4-9/h8-9,17H,5-7,10H2,1-4H3,(H,24,26)(H,25,27);6,10H,3-5H2,1-2H3,(H,16,17);3H,4,9H2,1-2H3,(H,10,11)/t17-,22-;10-,14-;/m00./s1. The van der Waals surface area contributed by atoms with E-state index < -0.39 is 5.97 Å². The van der Waals surface area contributed by atoms with E-state index in [9.17, 15) is 24.3 Å². The number of aromatic amines is 2. The van der Waals surface area contributed by atoms with Crippen LogP contribution in [0.1, 0.15) is 141 Å². The maximum atomic E-state index is 13.0. The molecule has 8 rings (SSSR count). The van der Waals surface area contributed by atoms with Crippen molar-refractivity contribution in [1.82, 2.24) is 15.3 Å². The Morgan fingerprint density at radius 3 is 1.65 bits per heavy atom. The van der Waals surface area contributed by atoms with Crippen molar-refractivity contribution in [2.45, 2.75) is 130 Å². The first-order valence-corrected chi connectivity index (χ1v) is 21.0. The number of carbonyl (C=O) groups excluding carboxylic acids is 1. The molecule has 0 spiro atoms. The molecule has 2 aliphatic carbocycles. The number of carboxylic acids is 1. The monoisotopic (exact) mass is 906 g/mol. The number of halogens is 2. The Balaban J connectivity index is 0.000000161. The summed E-state index contributed by atoms with van der Waals surface area (Å²) in [5.41, 5.74) is 14.4. The number of pyridine rings is 2. The van der Waals surface area contributed by atoms with E-state index in [0.717, 1.165) is 104 Å². The van der Waals surface area contributed by atoms with Crippen LogP contribution in [0, 0.1) is 41.5 Å². The van der Waals surface area contributed by atoms with E-state index in [1.165, 1.54) is 0 Å². The number of nitrogens with one attached hydrogen (secondary N) is 3. The lowest BCUT2D eigenvalue weighted by molar-refractivity contribution is 0.0695. The number of H-pyrrole nitrogens is 2. The molecule has 11 nitrogen and oxygen atoms in total. The number of carbonyl (C=O) groups is 2. The number of hydrogen-bond donors (Lipinski definition) is 5. The van der Waals surface area contributed by atoms with Crippen LogP contribution in [0.4, 0.5) is 0 Å². The summed E-state index contributed by atoms with van der Waals surface area (Å²) in [7, 11) is 0. The number of nitrogens with two attached hydrogens (primary N) is 1. The van der Waals surface area contributed by atoms with Crippen molar-refractivity contribution >= 4 is 43.7 Å². The second kappa shape index (κ2) is 16.2. The van der Waals surface area contributed by atoms with Gasteiger partial charge in [0.05, 0.1) is 14.5 Å². The molecular formula is C44H52Br2N4O7. The van der Waals surface area contributed by atoms with E-state index >= 15 is 0 Å². The van der Waals surface area contributed by atoms with Crippen LogP contribution in [0.15, 0.2) is 42.8 Å². The maximum Gasteiger partial charge on any atom is 0.336 e. The lowest BCUT2D eigenvalue weighted by Crippen LogP contribution is -2.29. The molecule has 0 unspecified atom stereocenters. The van der Waals surface area contributed by atoms with Gasteiger partial charge in [-0.05, 0) is 172 Å². The van der Waals surface area contributed by atoms with Gasteiger partial charge in [-0.1, -0.05) is 0 Å². The average Bonchev–Trinajstić information content (AvgIpc) is 3.84. The summed E-state index contributed by atoms with van der Waals surface area (Å²) in [5, 5.41) is 12.2. The molecule has 0 radical (unpaired) electrons. The SMILES string of the molecule is Cc1c(C(=O)O)cc2c(c1Br)O[C@@]1(C)CCC[C@@H]21.Cc1cc(C)c(CN)c(=O)[nH]1.Cc1cc(C)c(CNC(=O)c2cc3c(c(Br)c2C)O[C@@]2(C)CCC[C@@H]32)c(=O)[nH]1. The molecule has 2 aromatic carbocycles. The quantitative estimate of drug-likeness (QED) is 0.132. The summed E-state index contributed by atoms with van der Waals surface area (Å²) in [6.45, 7) is 16.0. The summed E-state index contributed by atoms with van der Waals surface area (Å²) in [6.07, 6.45) is 6.53. The molecule has 2 saturated carbocycles. The summed E-state index contributed by atoms with van der Waals surface area (Å²) >= 11 is 7.14. The molecular weight excluding hydrogens is 856 g/mol. The summed E-state index contributed by atoms with van der Waals surface area (Å²) in [5.74, 6) is 1.35. The van der Waals surface area contributed by atoms with Gasteiger partial charge in [0.1, 0.15) is 22.7 Å². The topological polar surface area (TPSA) is 177 Å². The minimum absolute atomic E-state index is 0.0648. The molecule has 4 atom stereocenters. The molecule has 2 aromatic heterocycles. The van der Waals surface area contributed by atoms with Gasteiger partial charge in [0.25, 0.3) is 17.0 Å². The van der Waals surface area contributed by atoms with Crippen molar-refractivity contribution in [2.24, 2.45) is 5.73 Å². The predicted octanol–water partition coefficient (Wildman–Crippen LogP) is 8.74. The van der Waals surface area contributed by atoms with Crippen molar-refractivity contribution in [3.8, 4) is 11.5 Å². The molecule has 2 fully saturated rings.